The Hall–Kier alpha value is -2.38. The number of halogens is 1. The van der Waals surface area contributed by atoms with Crippen LogP contribution in [0, 0.1) is 0 Å². The number of hydrogen-bond acceptors (Lipinski definition) is 5. The molecule has 2 heterocycles. The molecule has 0 aliphatic heterocycles. The van der Waals surface area contributed by atoms with Gasteiger partial charge in [-0.15, -0.1) is 11.3 Å². The van der Waals surface area contributed by atoms with Crippen LogP contribution in [0.25, 0.3) is 21.7 Å². The molecule has 0 fully saturated rings. The number of aromatic nitrogens is 2. The van der Waals surface area contributed by atoms with E-state index in [9.17, 15) is 0 Å². The molecular weight excluding hydrogens is 420 g/mol. The van der Waals surface area contributed by atoms with E-state index in [1.165, 1.54) is 32.8 Å². The summed E-state index contributed by atoms with van der Waals surface area (Å²) >= 11 is 9.25. The van der Waals surface area contributed by atoms with Gasteiger partial charge in [-0.05, 0) is 66.8 Å². The van der Waals surface area contributed by atoms with Crippen LogP contribution in [0.5, 0.6) is 0 Å². The van der Waals surface area contributed by atoms with Gasteiger partial charge in [-0.25, -0.2) is 10.3 Å². The van der Waals surface area contributed by atoms with E-state index in [1.54, 1.807) is 0 Å². The van der Waals surface area contributed by atoms with Crippen molar-refractivity contribution in [2.24, 2.45) is 5.14 Å². The zero-order valence-electron chi connectivity index (χ0n) is 15.4. The van der Waals surface area contributed by atoms with Gasteiger partial charge in [0.05, 0.1) is 6.20 Å². The molecule has 0 radical (unpaired) electrons. The van der Waals surface area contributed by atoms with Crippen LogP contribution < -0.4 is 15.4 Å². The van der Waals surface area contributed by atoms with Crippen molar-refractivity contribution in [1.29, 1.82) is 0 Å². The number of benzene rings is 2. The Morgan fingerprint density at radius 2 is 2.00 bits per heavy atom. The van der Waals surface area contributed by atoms with Gasteiger partial charge >= 0.3 is 5.95 Å². The van der Waals surface area contributed by atoms with Crippen molar-refractivity contribution in [2.45, 2.75) is 17.7 Å². The zero-order chi connectivity index (χ0) is 19.8. The maximum Gasteiger partial charge on any atom is 0.394 e. The first-order chi connectivity index (χ1) is 14.2. The van der Waals surface area contributed by atoms with Crippen molar-refractivity contribution in [3.63, 3.8) is 0 Å². The topological polar surface area (TPSA) is 65.1 Å². The molecule has 5 rings (SSSR count). The maximum atomic E-state index is 6.19. The molecule has 0 spiro atoms. The van der Waals surface area contributed by atoms with Gasteiger partial charge in [0.1, 0.15) is 5.69 Å². The fourth-order valence-corrected chi connectivity index (χ4v) is 5.26. The summed E-state index contributed by atoms with van der Waals surface area (Å²) in [5.74, 6) is 0.714. The number of H-pyrrole nitrogens is 1. The second-order valence-electron chi connectivity index (χ2n) is 6.85. The molecule has 0 unspecified atom stereocenters. The standard InChI is InChI=1S/C22H17ClN4S2/c23-15-4-1-3-13(9-15)20-11-18-19(28-20)8-7-14-12-25-22(27-21(14)18)26-16-5-2-6-17(10-16)29-24/h1-6,9-12H,7-8,24H2,(H,25,26,27)/p+1. The molecule has 2 aromatic carbocycles. The lowest BCUT2D eigenvalue weighted by Gasteiger charge is -2.12. The lowest BCUT2D eigenvalue weighted by Crippen LogP contribution is -2.17. The minimum atomic E-state index is 0.714. The molecule has 144 valence electrons. The van der Waals surface area contributed by atoms with E-state index < -0.39 is 0 Å². The van der Waals surface area contributed by atoms with Crippen LogP contribution in [-0.4, -0.2) is 4.98 Å². The normalized spacial score (nSPS) is 12.3. The number of rotatable bonds is 4. The minimum Gasteiger partial charge on any atom is -0.274 e. The van der Waals surface area contributed by atoms with Crippen LogP contribution in [0.15, 0.2) is 65.7 Å². The van der Waals surface area contributed by atoms with Gasteiger partial charge in [-0.1, -0.05) is 34.8 Å². The van der Waals surface area contributed by atoms with Crippen LogP contribution in [0.4, 0.5) is 11.6 Å². The van der Waals surface area contributed by atoms with E-state index in [-0.39, 0.29) is 0 Å². The second kappa shape index (κ2) is 7.80. The molecule has 0 amide bonds. The Morgan fingerprint density at radius 3 is 2.86 bits per heavy atom. The summed E-state index contributed by atoms with van der Waals surface area (Å²) in [4.78, 5) is 11.8. The van der Waals surface area contributed by atoms with Gasteiger partial charge in [0.15, 0.2) is 5.69 Å². The zero-order valence-corrected chi connectivity index (χ0v) is 17.8. The van der Waals surface area contributed by atoms with E-state index in [4.69, 9.17) is 21.7 Å². The number of hydrogen-bond donors (Lipinski definition) is 2. The smallest absolute Gasteiger partial charge is 0.274 e. The fourth-order valence-electron chi connectivity index (χ4n) is 3.56. The third-order valence-electron chi connectivity index (χ3n) is 4.94. The van der Waals surface area contributed by atoms with Gasteiger partial charge in [0, 0.05) is 30.8 Å². The molecule has 2 aromatic heterocycles. The van der Waals surface area contributed by atoms with Gasteiger partial charge in [0.25, 0.3) is 0 Å². The van der Waals surface area contributed by atoms with Crippen molar-refractivity contribution in [3.8, 4) is 21.7 Å². The molecule has 1 aliphatic rings. The Balaban J connectivity index is 1.51. The number of fused-ring (bicyclic) bond motifs is 3. The fraction of sp³-hybridized carbons (Fsp3) is 0.0909. The van der Waals surface area contributed by atoms with E-state index in [0.29, 0.717) is 5.95 Å². The second-order valence-corrected chi connectivity index (χ2v) is 9.13. The molecule has 4 nitrogen and oxygen atoms in total. The average Bonchev–Trinajstić information content (AvgIpc) is 3.19. The van der Waals surface area contributed by atoms with Gasteiger partial charge in [0.2, 0.25) is 0 Å². The SMILES string of the molecule is NSc1cccc(Nc2nc3c(c[nH+]2)CCc2sc(-c4cccc(Cl)c4)cc2-3)c1. The van der Waals surface area contributed by atoms with Crippen LogP contribution in [0.3, 0.4) is 0 Å². The number of nitrogens with one attached hydrogen (secondary N) is 2. The highest BCUT2D eigenvalue weighted by Crippen LogP contribution is 2.41. The van der Waals surface area contributed by atoms with Crippen LogP contribution in [0.1, 0.15) is 10.4 Å². The summed E-state index contributed by atoms with van der Waals surface area (Å²) in [5.41, 5.74) is 5.60. The van der Waals surface area contributed by atoms with E-state index in [1.807, 2.05) is 53.8 Å². The molecule has 0 bridgehead atoms. The first-order valence-electron chi connectivity index (χ1n) is 9.24. The molecule has 4 aromatic rings. The largest absolute Gasteiger partial charge is 0.394 e. The van der Waals surface area contributed by atoms with Crippen molar-refractivity contribution in [2.75, 3.05) is 5.32 Å². The number of nitrogens with two attached hydrogens (primary N) is 1. The van der Waals surface area contributed by atoms with Crippen LogP contribution in [-0.2, 0) is 12.8 Å². The lowest BCUT2D eigenvalue weighted by atomic mass is 9.96. The summed E-state index contributed by atoms with van der Waals surface area (Å²) in [6, 6.07) is 18.2. The predicted octanol–water partition coefficient (Wildman–Crippen LogP) is 5.75. The Morgan fingerprint density at radius 1 is 1.10 bits per heavy atom. The Kier molecular flexibility index (Phi) is 5.01. The van der Waals surface area contributed by atoms with Crippen molar-refractivity contribution < 1.29 is 4.98 Å². The van der Waals surface area contributed by atoms with Crippen molar-refractivity contribution in [3.05, 3.63) is 76.3 Å². The summed E-state index contributed by atoms with van der Waals surface area (Å²) in [5, 5.41) is 9.79. The first-order valence-corrected chi connectivity index (χ1v) is 11.3. The summed E-state index contributed by atoms with van der Waals surface area (Å²) in [6.45, 7) is 0. The summed E-state index contributed by atoms with van der Waals surface area (Å²) < 4.78 is 0. The molecule has 0 saturated heterocycles. The number of nitrogens with zero attached hydrogens (tertiary/aromatic N) is 1. The molecule has 0 saturated carbocycles. The third kappa shape index (κ3) is 3.76. The highest BCUT2D eigenvalue weighted by molar-refractivity contribution is 7.97. The van der Waals surface area contributed by atoms with E-state index in [0.717, 1.165) is 39.7 Å². The molecule has 1 aliphatic carbocycles. The molecular formula is C22H18ClN4S2+. The van der Waals surface area contributed by atoms with Crippen LogP contribution in [0.2, 0.25) is 5.02 Å². The number of aryl methyl sites for hydroxylation is 2. The van der Waals surface area contributed by atoms with Crippen molar-refractivity contribution >= 4 is 46.5 Å². The molecule has 0 atom stereocenters. The number of aromatic amines is 1. The first kappa shape index (κ1) is 18.6. The van der Waals surface area contributed by atoms with E-state index >= 15 is 0 Å². The Bertz CT molecular complexity index is 1210. The van der Waals surface area contributed by atoms with Gasteiger partial charge < -0.3 is 0 Å². The average molecular weight is 438 g/mol. The van der Waals surface area contributed by atoms with Gasteiger partial charge in [-0.2, -0.15) is 0 Å². The maximum absolute atomic E-state index is 6.19. The quantitative estimate of drug-likeness (QED) is 0.399. The lowest BCUT2D eigenvalue weighted by molar-refractivity contribution is -0.365. The monoisotopic (exact) mass is 437 g/mol. The van der Waals surface area contributed by atoms with E-state index in [2.05, 4.69) is 28.6 Å². The predicted molar refractivity (Wildman–Crippen MR) is 122 cm³/mol. The van der Waals surface area contributed by atoms with Crippen LogP contribution >= 0.6 is 34.9 Å². The number of anilines is 2. The summed E-state index contributed by atoms with van der Waals surface area (Å²) in [7, 11) is 0. The highest BCUT2D eigenvalue weighted by atomic mass is 35.5. The summed E-state index contributed by atoms with van der Waals surface area (Å²) in [6.07, 6.45) is 4.08. The third-order valence-corrected chi connectivity index (χ3v) is 6.94. The molecule has 29 heavy (non-hydrogen) atoms. The number of thiophene rings is 1. The highest BCUT2D eigenvalue weighted by Gasteiger charge is 2.25. The Labute approximate surface area is 182 Å². The molecule has 7 heteroatoms. The minimum absolute atomic E-state index is 0.714. The van der Waals surface area contributed by atoms with Crippen molar-refractivity contribution in [1.82, 2.24) is 4.98 Å². The van der Waals surface area contributed by atoms with Gasteiger partial charge in [-0.3, -0.25) is 5.14 Å². The molecule has 4 N–H and O–H groups in total.